The lowest BCUT2D eigenvalue weighted by Gasteiger charge is -2.26. The summed E-state index contributed by atoms with van der Waals surface area (Å²) in [5, 5.41) is 0.691. The van der Waals surface area contributed by atoms with E-state index in [1.807, 2.05) is 6.07 Å². The summed E-state index contributed by atoms with van der Waals surface area (Å²) in [5.41, 5.74) is 3.79. The third kappa shape index (κ3) is 3.14. The largest absolute Gasteiger partial charge is 0.465 e. The molecule has 3 aromatic heterocycles. The lowest BCUT2D eigenvalue weighted by atomic mass is 10.0. The maximum atomic E-state index is 13.4. The Bertz CT molecular complexity index is 1520. The molecule has 4 heterocycles. The average Bonchev–Trinajstić information content (AvgIpc) is 3.36. The number of methoxy groups -OCH3 is 1. The molecular weight excluding hydrogens is 432 g/mol. The molecule has 0 saturated carbocycles. The van der Waals surface area contributed by atoms with Crippen LogP contribution in [0.15, 0.2) is 47.8 Å². The van der Waals surface area contributed by atoms with Crippen LogP contribution in [-0.4, -0.2) is 59.5 Å². The van der Waals surface area contributed by atoms with Crippen molar-refractivity contribution in [2.24, 2.45) is 0 Å². The van der Waals surface area contributed by atoms with Gasteiger partial charge in [-0.05, 0) is 30.3 Å². The second-order valence-electron chi connectivity index (χ2n) is 7.78. The highest BCUT2D eigenvalue weighted by Gasteiger charge is 2.29. The molecule has 1 amide bonds. The smallest absolute Gasteiger partial charge is 0.337 e. The van der Waals surface area contributed by atoms with Gasteiger partial charge in [0.25, 0.3) is 5.91 Å². The first-order valence-electron chi connectivity index (χ1n) is 9.96. The molecule has 0 fully saturated rings. The second-order valence-corrected chi connectivity index (χ2v) is 9.69. The van der Waals surface area contributed by atoms with Gasteiger partial charge in [-0.1, -0.05) is 6.07 Å². The SMILES string of the molecule is COC(=O)c1ccc2[nH]c3c(c2c1)CN(C(=O)c1nc(S(C)(=O)=O)n2ccccc12)CC3. The van der Waals surface area contributed by atoms with Crippen LogP contribution in [0.2, 0.25) is 0 Å². The minimum absolute atomic E-state index is 0.101. The van der Waals surface area contributed by atoms with Crippen molar-refractivity contribution in [1.82, 2.24) is 19.3 Å². The number of nitrogens with zero attached hydrogens (tertiary/aromatic N) is 3. The summed E-state index contributed by atoms with van der Waals surface area (Å²) in [6.45, 7) is 0.779. The van der Waals surface area contributed by atoms with E-state index in [0.717, 1.165) is 28.4 Å². The molecule has 5 rings (SSSR count). The Labute approximate surface area is 183 Å². The van der Waals surface area contributed by atoms with Gasteiger partial charge in [0.05, 0.1) is 18.2 Å². The normalized spacial score (nSPS) is 14.0. The molecule has 0 atom stereocenters. The molecule has 1 aliphatic rings. The number of hydrogen-bond acceptors (Lipinski definition) is 6. The number of nitrogens with one attached hydrogen (secondary N) is 1. The van der Waals surface area contributed by atoms with Crippen molar-refractivity contribution in [3.8, 4) is 0 Å². The van der Waals surface area contributed by atoms with E-state index in [-0.39, 0.29) is 16.8 Å². The van der Waals surface area contributed by atoms with Crippen molar-refractivity contribution < 1.29 is 22.7 Å². The third-order valence-electron chi connectivity index (χ3n) is 5.73. The fourth-order valence-electron chi connectivity index (χ4n) is 4.21. The van der Waals surface area contributed by atoms with Gasteiger partial charge < -0.3 is 14.6 Å². The van der Waals surface area contributed by atoms with Crippen LogP contribution in [0.4, 0.5) is 0 Å². The summed E-state index contributed by atoms with van der Waals surface area (Å²) >= 11 is 0. The topological polar surface area (TPSA) is 114 Å². The Balaban J connectivity index is 1.55. The fraction of sp³-hybridized carbons (Fsp3) is 0.227. The number of amides is 1. The Morgan fingerprint density at radius 3 is 2.75 bits per heavy atom. The molecule has 9 nitrogen and oxygen atoms in total. The molecule has 0 spiro atoms. The average molecular weight is 452 g/mol. The third-order valence-corrected chi connectivity index (χ3v) is 6.69. The number of esters is 1. The van der Waals surface area contributed by atoms with Gasteiger partial charge in [-0.3, -0.25) is 9.20 Å². The number of aromatic amines is 1. The van der Waals surface area contributed by atoms with E-state index in [2.05, 4.69) is 9.97 Å². The predicted molar refractivity (Wildman–Crippen MR) is 116 cm³/mol. The highest BCUT2D eigenvalue weighted by atomic mass is 32.2. The van der Waals surface area contributed by atoms with Crippen LogP contribution in [0.25, 0.3) is 16.4 Å². The van der Waals surface area contributed by atoms with Crippen LogP contribution in [0.1, 0.15) is 32.1 Å². The Hall–Kier alpha value is -3.66. The number of sulfone groups is 1. The van der Waals surface area contributed by atoms with Crippen LogP contribution < -0.4 is 0 Å². The van der Waals surface area contributed by atoms with Crippen LogP contribution in [-0.2, 0) is 27.5 Å². The van der Waals surface area contributed by atoms with Gasteiger partial charge in [-0.15, -0.1) is 0 Å². The molecule has 1 aliphatic heterocycles. The molecule has 10 heteroatoms. The quantitative estimate of drug-likeness (QED) is 0.477. The van der Waals surface area contributed by atoms with Crippen LogP contribution in [0.5, 0.6) is 0 Å². The molecule has 0 aliphatic carbocycles. The highest BCUT2D eigenvalue weighted by molar-refractivity contribution is 7.90. The van der Waals surface area contributed by atoms with Gasteiger partial charge in [-0.2, -0.15) is 0 Å². The van der Waals surface area contributed by atoms with Crippen molar-refractivity contribution in [1.29, 1.82) is 0 Å². The monoisotopic (exact) mass is 452 g/mol. The second kappa shape index (κ2) is 7.20. The van der Waals surface area contributed by atoms with Crippen LogP contribution in [0, 0.1) is 0 Å². The Morgan fingerprint density at radius 1 is 1.19 bits per heavy atom. The van der Waals surface area contributed by atoms with Crippen molar-refractivity contribution in [3.63, 3.8) is 0 Å². The first-order chi connectivity index (χ1) is 15.3. The number of ether oxygens (including phenoxy) is 1. The fourth-order valence-corrected chi connectivity index (χ4v) is 4.98. The van der Waals surface area contributed by atoms with Crippen molar-refractivity contribution in [2.45, 2.75) is 18.1 Å². The molecule has 4 aromatic rings. The zero-order valence-corrected chi connectivity index (χ0v) is 18.3. The molecule has 0 radical (unpaired) electrons. The number of rotatable bonds is 3. The number of fused-ring (bicyclic) bond motifs is 4. The lowest BCUT2D eigenvalue weighted by molar-refractivity contribution is 0.0600. The molecule has 1 aromatic carbocycles. The maximum Gasteiger partial charge on any atom is 0.337 e. The zero-order chi connectivity index (χ0) is 22.6. The van der Waals surface area contributed by atoms with Gasteiger partial charge in [-0.25, -0.2) is 18.2 Å². The molecule has 1 N–H and O–H groups in total. The van der Waals surface area contributed by atoms with E-state index >= 15 is 0 Å². The van der Waals surface area contributed by atoms with Crippen LogP contribution >= 0.6 is 0 Å². The highest BCUT2D eigenvalue weighted by Crippen LogP contribution is 2.30. The summed E-state index contributed by atoms with van der Waals surface area (Å²) < 4.78 is 30.6. The van der Waals surface area contributed by atoms with Gasteiger partial charge in [0.2, 0.25) is 15.0 Å². The summed E-state index contributed by atoms with van der Waals surface area (Å²) in [6.07, 6.45) is 3.26. The number of hydrogen-bond donors (Lipinski definition) is 1. The molecule has 0 bridgehead atoms. The minimum Gasteiger partial charge on any atom is -0.465 e. The number of H-pyrrole nitrogens is 1. The molecule has 32 heavy (non-hydrogen) atoms. The molecule has 164 valence electrons. The first-order valence-corrected chi connectivity index (χ1v) is 11.9. The number of aromatic nitrogens is 3. The van der Waals surface area contributed by atoms with Crippen molar-refractivity contribution >= 4 is 38.1 Å². The number of benzene rings is 1. The van der Waals surface area contributed by atoms with Crippen molar-refractivity contribution in [2.75, 3.05) is 19.9 Å². The van der Waals surface area contributed by atoms with E-state index in [0.29, 0.717) is 30.6 Å². The van der Waals surface area contributed by atoms with E-state index < -0.39 is 15.8 Å². The van der Waals surface area contributed by atoms with Gasteiger partial charge >= 0.3 is 5.97 Å². The Kier molecular flexibility index (Phi) is 4.55. The number of pyridine rings is 1. The minimum atomic E-state index is -3.62. The standard InChI is InChI=1S/C22H20N4O5S/c1-31-21(28)13-6-7-16-14(11-13)15-12-25(10-8-17(15)23-16)20(27)19-18-5-3-4-9-26(18)22(24-19)32(2,29)30/h3-7,9,11,23H,8,10,12H2,1-2H3. The van der Waals surface area contributed by atoms with Gasteiger partial charge in [0.15, 0.2) is 5.69 Å². The number of imidazole rings is 1. The Morgan fingerprint density at radius 2 is 2.00 bits per heavy atom. The summed E-state index contributed by atoms with van der Waals surface area (Å²) in [5.74, 6) is -0.768. The summed E-state index contributed by atoms with van der Waals surface area (Å²) in [7, 11) is -2.29. The zero-order valence-electron chi connectivity index (χ0n) is 17.5. The molecule has 0 unspecified atom stereocenters. The summed E-state index contributed by atoms with van der Waals surface area (Å²) in [4.78, 5) is 34.6. The number of carbonyl (C=O) groups excluding carboxylic acids is 2. The van der Waals surface area contributed by atoms with E-state index in [9.17, 15) is 18.0 Å². The summed E-state index contributed by atoms with van der Waals surface area (Å²) in [6, 6.07) is 10.4. The van der Waals surface area contributed by atoms with E-state index in [4.69, 9.17) is 4.74 Å². The molecule has 0 saturated heterocycles. The van der Waals surface area contributed by atoms with Crippen LogP contribution in [0.3, 0.4) is 0 Å². The van der Waals surface area contributed by atoms with E-state index in [1.165, 1.54) is 11.5 Å². The van der Waals surface area contributed by atoms with Crippen molar-refractivity contribution in [3.05, 3.63) is 65.1 Å². The first kappa shape index (κ1) is 20.3. The van der Waals surface area contributed by atoms with Gasteiger partial charge in [0.1, 0.15) is 0 Å². The lowest BCUT2D eigenvalue weighted by Crippen LogP contribution is -2.36. The number of carbonyl (C=O) groups is 2. The maximum absolute atomic E-state index is 13.4. The predicted octanol–water partition coefficient (Wildman–Crippen LogP) is 2.20. The van der Waals surface area contributed by atoms with Gasteiger partial charge in [0, 0.05) is 54.1 Å². The van der Waals surface area contributed by atoms with E-state index in [1.54, 1.807) is 41.4 Å². The molecular formula is C22H20N4O5S.